The van der Waals surface area contributed by atoms with E-state index in [0.717, 1.165) is 33.3 Å². The van der Waals surface area contributed by atoms with Crippen LogP contribution >= 0.6 is 8.01 Å². The number of rotatable bonds is 3. The Morgan fingerprint density at radius 1 is 0.743 bits per heavy atom. The first-order valence-corrected chi connectivity index (χ1v) is 13.9. The van der Waals surface area contributed by atoms with Gasteiger partial charge in [-0.05, 0) is 66.3 Å². The van der Waals surface area contributed by atoms with Gasteiger partial charge in [0, 0.05) is 22.9 Å². The first kappa shape index (κ1) is 27.7. The van der Waals surface area contributed by atoms with Crippen molar-refractivity contribution in [3.8, 4) is 5.75 Å². The van der Waals surface area contributed by atoms with E-state index in [1.165, 1.54) is 11.1 Å². The Kier molecular flexibility index (Phi) is 7.27. The van der Waals surface area contributed by atoms with Crippen molar-refractivity contribution < 1.29 is 13.1 Å². The predicted molar refractivity (Wildman–Crippen MR) is 152 cm³/mol. The van der Waals surface area contributed by atoms with Crippen molar-refractivity contribution in [1.82, 2.24) is 0 Å². The molecule has 0 radical (unpaired) electrons. The molecule has 1 unspecified atom stereocenters. The van der Waals surface area contributed by atoms with E-state index in [0.29, 0.717) is 13.2 Å². The second kappa shape index (κ2) is 9.20. The summed E-state index contributed by atoms with van der Waals surface area (Å²) in [5.41, 5.74) is 11.0. The fourth-order valence-electron chi connectivity index (χ4n) is 4.16. The van der Waals surface area contributed by atoms with Gasteiger partial charge < -0.3 is 18.9 Å². The fraction of sp³-hybridized carbons (Fsp3) is 0.600. The van der Waals surface area contributed by atoms with E-state index < -0.39 is 8.01 Å². The molecule has 0 aliphatic heterocycles. The van der Waals surface area contributed by atoms with Gasteiger partial charge in [-0.15, -0.1) is 0 Å². The molecule has 2 N–H and O–H groups in total. The Labute approximate surface area is 213 Å². The average Bonchev–Trinajstić information content (AvgIpc) is 2.85. The van der Waals surface area contributed by atoms with E-state index in [9.17, 15) is 0 Å². The van der Waals surface area contributed by atoms with E-state index in [-0.39, 0.29) is 21.4 Å². The summed E-state index contributed by atoms with van der Waals surface area (Å²) in [5.74, 6) is 0.815. The van der Waals surface area contributed by atoms with E-state index in [1.54, 1.807) is 0 Å². The van der Waals surface area contributed by atoms with Crippen LogP contribution in [0.25, 0.3) is 21.9 Å². The molecule has 3 aromatic rings. The van der Waals surface area contributed by atoms with Crippen LogP contribution in [-0.4, -0.2) is 13.2 Å². The monoisotopic (exact) mass is 499 g/mol. The van der Waals surface area contributed by atoms with Crippen molar-refractivity contribution in [2.45, 2.75) is 104 Å². The Hall–Kier alpha value is -1.90. The van der Waals surface area contributed by atoms with Gasteiger partial charge in [0.15, 0.2) is 0 Å². The minimum absolute atomic E-state index is 0.0124. The van der Waals surface area contributed by atoms with Crippen LogP contribution in [0, 0.1) is 0 Å². The number of benzene rings is 2. The van der Waals surface area contributed by atoms with Gasteiger partial charge in [-0.2, -0.15) is 0 Å². The van der Waals surface area contributed by atoms with Crippen molar-refractivity contribution in [3.63, 3.8) is 0 Å². The van der Waals surface area contributed by atoms with Crippen molar-refractivity contribution >= 4 is 30.0 Å². The van der Waals surface area contributed by atoms with Gasteiger partial charge in [0.25, 0.3) is 0 Å². The Balaban J connectivity index is 2.73. The number of ether oxygens (including phenoxy) is 1. The second-order valence-electron chi connectivity index (χ2n) is 13.7. The number of hydrogen-bond acceptors (Lipinski definition) is 4. The molecule has 0 bridgehead atoms. The zero-order valence-electron chi connectivity index (χ0n) is 24.0. The van der Waals surface area contributed by atoms with E-state index in [2.05, 4.69) is 107 Å². The summed E-state index contributed by atoms with van der Waals surface area (Å²) in [6.07, 6.45) is 0. The summed E-state index contributed by atoms with van der Waals surface area (Å²) >= 11 is 0. The van der Waals surface area contributed by atoms with Crippen LogP contribution in [0.5, 0.6) is 5.75 Å². The smallest absolute Gasteiger partial charge is 0.222 e. The summed E-state index contributed by atoms with van der Waals surface area (Å²) in [4.78, 5) is 0. The summed E-state index contributed by atoms with van der Waals surface area (Å²) in [5, 5.41) is 1.98. The number of fused-ring (bicyclic) bond motifs is 3. The Bertz CT molecular complexity index is 1260. The van der Waals surface area contributed by atoms with Gasteiger partial charge in [0.1, 0.15) is 23.5 Å². The lowest BCUT2D eigenvalue weighted by Gasteiger charge is -2.26. The van der Waals surface area contributed by atoms with Crippen LogP contribution in [0.1, 0.15) is 99.8 Å². The van der Waals surface area contributed by atoms with Crippen LogP contribution in [-0.2, 0) is 21.4 Å². The van der Waals surface area contributed by atoms with Crippen LogP contribution in [0.15, 0.2) is 32.7 Å². The average molecular weight is 500 g/mol. The Morgan fingerprint density at radius 2 is 1.34 bits per heavy atom. The summed E-state index contributed by atoms with van der Waals surface area (Å²) in [7, 11) is -1.25. The first-order chi connectivity index (χ1) is 15.8. The van der Waals surface area contributed by atoms with Crippen molar-refractivity contribution in [2.75, 3.05) is 13.2 Å². The van der Waals surface area contributed by atoms with Crippen molar-refractivity contribution in [3.05, 3.63) is 41.0 Å². The summed E-state index contributed by atoms with van der Waals surface area (Å²) < 4.78 is 19.8. The molecule has 1 heterocycles. The van der Waals surface area contributed by atoms with Gasteiger partial charge in [0.2, 0.25) is 8.01 Å². The molecule has 0 fully saturated rings. The van der Waals surface area contributed by atoms with E-state index in [4.69, 9.17) is 18.9 Å². The van der Waals surface area contributed by atoms with E-state index >= 15 is 0 Å². The highest BCUT2D eigenvalue weighted by Crippen LogP contribution is 2.50. The van der Waals surface area contributed by atoms with Crippen LogP contribution in [0.2, 0.25) is 0 Å². The minimum atomic E-state index is -1.25. The summed E-state index contributed by atoms with van der Waals surface area (Å²) in [6, 6.07) is 8.83. The predicted octanol–water partition coefficient (Wildman–Crippen LogP) is 9.28. The highest BCUT2D eigenvalue weighted by atomic mass is 31.1. The highest BCUT2D eigenvalue weighted by Gasteiger charge is 2.29. The molecular formula is C30H46NO3P. The third-order valence-electron chi connectivity index (χ3n) is 6.21. The molecule has 3 rings (SSSR count). The molecule has 4 nitrogen and oxygen atoms in total. The standard InChI is InChI=1S/C30H46NO3P/c1-27(2,3)19-15-22(28(4,5)6)25-21-17-20(32-14-13-31)18-23(29(7,8)9)26(21)34-35(30(10,11)12)33-24(25)16-19/h15-18H,13-14,31H2,1-12H3. The molecule has 5 heteroatoms. The lowest BCUT2D eigenvalue weighted by Crippen LogP contribution is -2.17. The largest absolute Gasteiger partial charge is 0.492 e. The van der Waals surface area contributed by atoms with Crippen LogP contribution in [0.3, 0.4) is 0 Å². The maximum Gasteiger partial charge on any atom is 0.222 e. The molecule has 0 saturated carbocycles. The number of hydrogen-bond donors (Lipinski definition) is 1. The molecule has 0 amide bonds. The topological polar surface area (TPSA) is 61.5 Å². The van der Waals surface area contributed by atoms with Crippen LogP contribution < -0.4 is 10.5 Å². The SMILES string of the molecule is CC(C)(C)c1cc(C(C)(C)C)c2c(c1)op(C(C)(C)C)oc1c(C(C)(C)C)cc(OCCN)cc12. The molecule has 1 atom stereocenters. The zero-order valence-corrected chi connectivity index (χ0v) is 24.9. The molecule has 2 aromatic carbocycles. The first-order valence-electron chi connectivity index (χ1n) is 12.7. The molecule has 1 aromatic heterocycles. The normalized spacial score (nSPS) is 14.0. The second-order valence-corrected chi connectivity index (χ2v) is 16.0. The van der Waals surface area contributed by atoms with Crippen molar-refractivity contribution in [1.29, 1.82) is 0 Å². The highest BCUT2D eigenvalue weighted by molar-refractivity contribution is 7.38. The zero-order chi connectivity index (χ0) is 26.6. The lowest BCUT2D eigenvalue weighted by atomic mass is 9.78. The Morgan fingerprint density at radius 3 is 1.83 bits per heavy atom. The van der Waals surface area contributed by atoms with Crippen molar-refractivity contribution in [2.24, 2.45) is 5.73 Å². The maximum atomic E-state index is 6.88. The lowest BCUT2D eigenvalue weighted by molar-refractivity contribution is 0.327. The molecular weight excluding hydrogens is 453 g/mol. The number of nitrogens with two attached hydrogens (primary N) is 1. The van der Waals surface area contributed by atoms with Gasteiger partial charge in [0.05, 0.1) is 5.16 Å². The van der Waals surface area contributed by atoms with Gasteiger partial charge in [-0.3, -0.25) is 0 Å². The molecule has 35 heavy (non-hydrogen) atoms. The summed E-state index contributed by atoms with van der Waals surface area (Å²) in [6.45, 7) is 27.7. The molecule has 0 aliphatic rings. The molecule has 0 saturated heterocycles. The van der Waals surface area contributed by atoms with Crippen LogP contribution in [0.4, 0.5) is 0 Å². The third-order valence-corrected chi connectivity index (χ3v) is 8.01. The molecule has 0 aliphatic carbocycles. The third kappa shape index (κ3) is 5.92. The fourth-order valence-corrected chi connectivity index (χ4v) is 5.43. The molecule has 0 spiro atoms. The van der Waals surface area contributed by atoms with E-state index in [1.807, 2.05) is 0 Å². The van der Waals surface area contributed by atoms with Gasteiger partial charge in [-0.25, -0.2) is 0 Å². The quantitative estimate of drug-likeness (QED) is 0.390. The van der Waals surface area contributed by atoms with Gasteiger partial charge >= 0.3 is 0 Å². The molecule has 194 valence electrons. The maximum absolute atomic E-state index is 6.88. The minimum Gasteiger partial charge on any atom is -0.492 e. The van der Waals surface area contributed by atoms with Gasteiger partial charge in [-0.1, -0.05) is 68.4 Å².